The van der Waals surface area contributed by atoms with Crippen LogP contribution >= 0.6 is 0 Å². The molecule has 2 aromatic rings. The molecule has 1 atom stereocenters. The lowest BCUT2D eigenvalue weighted by Crippen LogP contribution is -2.23. The normalized spacial score (nSPS) is 12.2. The molecule has 0 aliphatic carbocycles. The zero-order chi connectivity index (χ0) is 15.4. The molecule has 5 nitrogen and oxygen atoms in total. The minimum atomic E-state index is -0.122. The third-order valence-corrected chi connectivity index (χ3v) is 3.24. The summed E-state index contributed by atoms with van der Waals surface area (Å²) < 4.78 is 7.05. The first-order valence-corrected chi connectivity index (χ1v) is 7.06. The lowest BCUT2D eigenvalue weighted by molar-refractivity contribution is 0.335. The van der Waals surface area contributed by atoms with E-state index in [1.54, 1.807) is 12.3 Å². The number of hydrogen-bond acceptors (Lipinski definition) is 4. The van der Waals surface area contributed by atoms with E-state index in [1.165, 1.54) is 4.68 Å². The van der Waals surface area contributed by atoms with Gasteiger partial charge < -0.3 is 10.5 Å². The smallest absolute Gasteiger partial charge is 0.267 e. The van der Waals surface area contributed by atoms with Gasteiger partial charge in [-0.05, 0) is 44.0 Å². The van der Waals surface area contributed by atoms with Crippen molar-refractivity contribution in [1.82, 2.24) is 9.78 Å². The van der Waals surface area contributed by atoms with Crippen LogP contribution in [0.15, 0.2) is 35.3 Å². The Balaban J connectivity index is 2.40. The number of aromatic nitrogens is 2. The van der Waals surface area contributed by atoms with Crippen molar-refractivity contribution >= 4 is 0 Å². The van der Waals surface area contributed by atoms with Gasteiger partial charge in [-0.25, -0.2) is 4.68 Å². The summed E-state index contributed by atoms with van der Waals surface area (Å²) in [7, 11) is 0. The van der Waals surface area contributed by atoms with Crippen molar-refractivity contribution in [3.63, 3.8) is 0 Å². The monoisotopic (exact) mass is 287 g/mol. The molecule has 2 N–H and O–H groups in total. The number of aryl methyl sites for hydroxylation is 1. The maximum absolute atomic E-state index is 12.0. The summed E-state index contributed by atoms with van der Waals surface area (Å²) in [5.74, 6) is 0.760. The van der Waals surface area contributed by atoms with Crippen molar-refractivity contribution in [3.8, 4) is 5.75 Å². The molecule has 0 saturated heterocycles. The van der Waals surface area contributed by atoms with Crippen LogP contribution in [-0.2, 0) is 6.54 Å². The second kappa shape index (κ2) is 6.54. The van der Waals surface area contributed by atoms with Gasteiger partial charge in [-0.3, -0.25) is 4.79 Å². The number of nitrogens with zero attached hydrogens (tertiary/aromatic N) is 2. The van der Waals surface area contributed by atoms with Crippen LogP contribution in [0.2, 0.25) is 0 Å². The zero-order valence-corrected chi connectivity index (χ0v) is 12.7. The van der Waals surface area contributed by atoms with Gasteiger partial charge in [0, 0.05) is 17.7 Å². The quantitative estimate of drug-likeness (QED) is 0.913. The van der Waals surface area contributed by atoms with E-state index in [4.69, 9.17) is 10.5 Å². The molecule has 0 radical (unpaired) electrons. The fraction of sp³-hybridized carbons (Fsp3) is 0.375. The Hall–Kier alpha value is -2.14. The van der Waals surface area contributed by atoms with Crippen LogP contribution in [0, 0.1) is 6.92 Å². The van der Waals surface area contributed by atoms with Gasteiger partial charge in [-0.1, -0.05) is 6.07 Å². The molecule has 5 heteroatoms. The van der Waals surface area contributed by atoms with E-state index < -0.39 is 0 Å². The Bertz CT molecular complexity index is 677. The summed E-state index contributed by atoms with van der Waals surface area (Å²) in [4.78, 5) is 12.0. The largest absolute Gasteiger partial charge is 0.494 e. The van der Waals surface area contributed by atoms with Crippen LogP contribution in [-0.4, -0.2) is 16.4 Å². The Morgan fingerprint density at radius 1 is 1.38 bits per heavy atom. The summed E-state index contributed by atoms with van der Waals surface area (Å²) in [6.07, 6.45) is 1.68. The molecular formula is C16H21N3O2. The molecule has 112 valence electrons. The maximum Gasteiger partial charge on any atom is 0.267 e. The summed E-state index contributed by atoms with van der Waals surface area (Å²) in [5, 5.41) is 4.17. The predicted octanol–water partition coefficient (Wildman–Crippen LogP) is 2.02. The molecule has 0 aliphatic rings. The molecule has 1 heterocycles. The van der Waals surface area contributed by atoms with Crippen molar-refractivity contribution < 1.29 is 4.74 Å². The van der Waals surface area contributed by atoms with Gasteiger partial charge in [-0.2, -0.15) is 5.10 Å². The van der Waals surface area contributed by atoms with E-state index in [-0.39, 0.29) is 11.6 Å². The number of hydrogen-bond donors (Lipinski definition) is 1. The standard InChI is InChI=1S/C16H21N3O2/c1-4-21-15-6-5-13(12(3)17)8-14(15)10-19-16(20)7-11(2)9-18-19/h5-9,12H,4,10,17H2,1-3H3. The summed E-state index contributed by atoms with van der Waals surface area (Å²) in [6.45, 7) is 6.64. The highest BCUT2D eigenvalue weighted by Crippen LogP contribution is 2.23. The van der Waals surface area contributed by atoms with E-state index >= 15 is 0 Å². The Labute approximate surface area is 124 Å². The average molecular weight is 287 g/mol. The molecule has 0 bridgehead atoms. The second-order valence-electron chi connectivity index (χ2n) is 5.12. The lowest BCUT2D eigenvalue weighted by atomic mass is 10.0. The fourth-order valence-corrected chi connectivity index (χ4v) is 2.11. The molecule has 21 heavy (non-hydrogen) atoms. The van der Waals surface area contributed by atoms with Gasteiger partial charge in [0.2, 0.25) is 0 Å². The summed E-state index contributed by atoms with van der Waals surface area (Å²) in [6, 6.07) is 7.33. The molecule has 0 aliphatic heterocycles. The Morgan fingerprint density at radius 2 is 2.14 bits per heavy atom. The van der Waals surface area contributed by atoms with Crippen molar-refractivity contribution in [2.24, 2.45) is 5.73 Å². The fourth-order valence-electron chi connectivity index (χ4n) is 2.11. The predicted molar refractivity (Wildman–Crippen MR) is 82.5 cm³/mol. The van der Waals surface area contributed by atoms with E-state index in [9.17, 15) is 4.79 Å². The molecule has 0 amide bonds. The number of rotatable bonds is 5. The zero-order valence-electron chi connectivity index (χ0n) is 12.7. The highest BCUT2D eigenvalue weighted by molar-refractivity contribution is 5.38. The Morgan fingerprint density at radius 3 is 2.76 bits per heavy atom. The van der Waals surface area contributed by atoms with Crippen LogP contribution in [0.25, 0.3) is 0 Å². The SMILES string of the molecule is CCOc1ccc(C(C)N)cc1Cn1ncc(C)cc1=O. The molecule has 2 rings (SSSR count). The lowest BCUT2D eigenvalue weighted by Gasteiger charge is -2.14. The van der Waals surface area contributed by atoms with Gasteiger partial charge in [0.25, 0.3) is 5.56 Å². The van der Waals surface area contributed by atoms with Crippen molar-refractivity contribution in [2.45, 2.75) is 33.4 Å². The molecular weight excluding hydrogens is 266 g/mol. The van der Waals surface area contributed by atoms with E-state index in [0.29, 0.717) is 13.2 Å². The van der Waals surface area contributed by atoms with E-state index in [0.717, 1.165) is 22.4 Å². The first kappa shape index (κ1) is 15.3. The first-order valence-electron chi connectivity index (χ1n) is 7.06. The molecule has 1 aromatic heterocycles. The summed E-state index contributed by atoms with van der Waals surface area (Å²) in [5.41, 5.74) is 8.57. The van der Waals surface area contributed by atoms with E-state index in [1.807, 2.05) is 39.0 Å². The van der Waals surface area contributed by atoms with Gasteiger partial charge in [0.1, 0.15) is 5.75 Å². The number of nitrogens with two attached hydrogens (primary N) is 1. The van der Waals surface area contributed by atoms with Gasteiger partial charge in [-0.15, -0.1) is 0 Å². The molecule has 0 fully saturated rings. The van der Waals surface area contributed by atoms with Crippen molar-refractivity contribution in [1.29, 1.82) is 0 Å². The highest BCUT2D eigenvalue weighted by atomic mass is 16.5. The Kier molecular flexibility index (Phi) is 4.75. The maximum atomic E-state index is 12.0. The third-order valence-electron chi connectivity index (χ3n) is 3.24. The molecule has 0 saturated carbocycles. The highest BCUT2D eigenvalue weighted by Gasteiger charge is 2.09. The van der Waals surface area contributed by atoms with Crippen LogP contribution < -0.4 is 16.0 Å². The van der Waals surface area contributed by atoms with E-state index in [2.05, 4.69) is 5.10 Å². The van der Waals surface area contributed by atoms with Crippen LogP contribution in [0.3, 0.4) is 0 Å². The van der Waals surface area contributed by atoms with Crippen LogP contribution in [0.5, 0.6) is 5.75 Å². The summed E-state index contributed by atoms with van der Waals surface area (Å²) >= 11 is 0. The van der Waals surface area contributed by atoms with Gasteiger partial charge >= 0.3 is 0 Å². The average Bonchev–Trinajstić information content (AvgIpc) is 2.43. The molecule has 1 unspecified atom stereocenters. The molecule has 0 spiro atoms. The number of benzene rings is 1. The van der Waals surface area contributed by atoms with Crippen LogP contribution in [0.1, 0.15) is 36.6 Å². The molecule has 1 aromatic carbocycles. The van der Waals surface area contributed by atoms with Crippen LogP contribution in [0.4, 0.5) is 0 Å². The second-order valence-corrected chi connectivity index (χ2v) is 5.12. The minimum Gasteiger partial charge on any atom is -0.494 e. The van der Waals surface area contributed by atoms with Gasteiger partial charge in [0.05, 0.1) is 19.3 Å². The minimum absolute atomic E-state index is 0.0675. The van der Waals surface area contributed by atoms with Crippen molar-refractivity contribution in [3.05, 3.63) is 57.5 Å². The van der Waals surface area contributed by atoms with Crippen molar-refractivity contribution in [2.75, 3.05) is 6.61 Å². The van der Waals surface area contributed by atoms with Gasteiger partial charge in [0.15, 0.2) is 0 Å². The third kappa shape index (κ3) is 3.70. The number of ether oxygens (including phenoxy) is 1. The topological polar surface area (TPSA) is 70.1 Å². The first-order chi connectivity index (χ1) is 10.0.